The number of carbonyl (C=O) groups excluding carboxylic acids is 1. The molecule has 0 spiro atoms. The first kappa shape index (κ1) is 19.5. The summed E-state index contributed by atoms with van der Waals surface area (Å²) in [7, 11) is 1.72. The van der Waals surface area contributed by atoms with Gasteiger partial charge in [0.2, 0.25) is 5.91 Å². The van der Waals surface area contributed by atoms with Gasteiger partial charge in [-0.1, -0.05) is 29.4 Å². The molecule has 0 bridgehead atoms. The Hall–Kier alpha value is -1.83. The van der Waals surface area contributed by atoms with Crippen molar-refractivity contribution in [2.24, 2.45) is 7.05 Å². The number of halogens is 1. The molecule has 4 rings (SSSR count). The number of aryl methyl sites for hydroxylation is 3. The summed E-state index contributed by atoms with van der Waals surface area (Å²) in [5.41, 5.74) is 2.78. The van der Waals surface area contributed by atoms with Gasteiger partial charge >= 0.3 is 0 Å². The molecule has 1 aromatic carbocycles. The summed E-state index contributed by atoms with van der Waals surface area (Å²) < 4.78 is 1.56. The maximum absolute atomic E-state index is 12.9. The first-order valence-corrected chi connectivity index (χ1v) is 11.3. The molecule has 0 unspecified atom stereocenters. The third-order valence-corrected chi connectivity index (χ3v) is 7.41. The number of thiophene rings is 1. The number of amides is 1. The van der Waals surface area contributed by atoms with Crippen molar-refractivity contribution in [3.05, 3.63) is 49.6 Å². The van der Waals surface area contributed by atoms with Crippen LogP contribution in [0.1, 0.15) is 28.8 Å². The molecule has 0 fully saturated rings. The molecule has 146 valence electrons. The Balaban J connectivity index is 1.54. The zero-order valence-electron chi connectivity index (χ0n) is 15.7. The molecule has 1 aliphatic carbocycles. The number of benzene rings is 1. The average Bonchev–Trinajstić information content (AvgIpc) is 3.04. The molecule has 8 heteroatoms. The van der Waals surface area contributed by atoms with Crippen molar-refractivity contribution in [2.45, 2.75) is 37.8 Å². The SMILES string of the molecule is Cc1ccc(NC(=O)CSc2nc3sc4c(c3c(=O)n2C)CCCC4)c(Cl)c1. The highest BCUT2D eigenvalue weighted by atomic mass is 35.5. The number of fused-ring (bicyclic) bond motifs is 3. The Kier molecular flexibility index (Phi) is 5.49. The summed E-state index contributed by atoms with van der Waals surface area (Å²) in [6.45, 7) is 1.94. The lowest BCUT2D eigenvalue weighted by Gasteiger charge is -2.11. The fourth-order valence-corrected chi connectivity index (χ4v) is 5.79. The van der Waals surface area contributed by atoms with Crippen LogP contribution in [-0.2, 0) is 24.7 Å². The second kappa shape index (κ2) is 7.89. The van der Waals surface area contributed by atoms with Crippen molar-refractivity contribution in [2.75, 3.05) is 11.1 Å². The lowest BCUT2D eigenvalue weighted by Crippen LogP contribution is -2.22. The van der Waals surface area contributed by atoms with E-state index in [9.17, 15) is 9.59 Å². The highest BCUT2D eigenvalue weighted by molar-refractivity contribution is 7.99. The highest BCUT2D eigenvalue weighted by Gasteiger charge is 2.21. The first-order valence-electron chi connectivity index (χ1n) is 9.14. The molecule has 3 aromatic rings. The van der Waals surface area contributed by atoms with E-state index < -0.39 is 0 Å². The van der Waals surface area contributed by atoms with Gasteiger partial charge in [-0.05, 0) is 55.9 Å². The van der Waals surface area contributed by atoms with E-state index in [1.807, 2.05) is 19.1 Å². The van der Waals surface area contributed by atoms with E-state index in [4.69, 9.17) is 11.6 Å². The van der Waals surface area contributed by atoms with Gasteiger partial charge in [0.05, 0.1) is 21.8 Å². The maximum atomic E-state index is 12.9. The number of anilines is 1. The van der Waals surface area contributed by atoms with E-state index in [0.29, 0.717) is 15.9 Å². The summed E-state index contributed by atoms with van der Waals surface area (Å²) >= 11 is 9.06. The summed E-state index contributed by atoms with van der Waals surface area (Å²) in [5.74, 6) is -0.0308. The monoisotopic (exact) mass is 433 g/mol. The van der Waals surface area contributed by atoms with Crippen molar-refractivity contribution >= 4 is 56.5 Å². The van der Waals surface area contributed by atoms with Gasteiger partial charge in [-0.15, -0.1) is 11.3 Å². The van der Waals surface area contributed by atoms with Crippen LogP contribution in [0.5, 0.6) is 0 Å². The quantitative estimate of drug-likeness (QED) is 0.483. The number of hydrogen-bond donors (Lipinski definition) is 1. The molecule has 2 aromatic heterocycles. The van der Waals surface area contributed by atoms with Crippen LogP contribution in [0.25, 0.3) is 10.2 Å². The van der Waals surface area contributed by atoms with Gasteiger partial charge in [-0.2, -0.15) is 0 Å². The molecule has 1 amide bonds. The number of thioether (sulfide) groups is 1. The Morgan fingerprint density at radius 1 is 1.36 bits per heavy atom. The van der Waals surface area contributed by atoms with Crippen LogP contribution >= 0.6 is 34.7 Å². The molecule has 5 nitrogen and oxygen atoms in total. The number of hydrogen-bond acceptors (Lipinski definition) is 5. The Morgan fingerprint density at radius 3 is 2.93 bits per heavy atom. The third-order valence-electron chi connectivity index (χ3n) is 4.89. The van der Waals surface area contributed by atoms with Gasteiger partial charge in [-0.3, -0.25) is 14.2 Å². The molecular formula is C20H20ClN3O2S2. The molecule has 1 N–H and O–H groups in total. The fraction of sp³-hybridized carbons (Fsp3) is 0.350. The molecule has 0 radical (unpaired) electrons. The zero-order valence-corrected chi connectivity index (χ0v) is 18.1. The minimum Gasteiger partial charge on any atom is -0.324 e. The number of rotatable bonds is 4. The van der Waals surface area contributed by atoms with Crippen LogP contribution in [0.3, 0.4) is 0 Å². The van der Waals surface area contributed by atoms with E-state index in [1.165, 1.54) is 28.6 Å². The lowest BCUT2D eigenvalue weighted by molar-refractivity contribution is -0.113. The standard InChI is InChI=1S/C20H20ClN3O2S2/c1-11-7-8-14(13(21)9-11)22-16(25)10-27-20-23-18-17(19(26)24(20)2)12-5-3-4-6-15(12)28-18/h7-9H,3-6,10H2,1-2H3,(H,22,25). The van der Waals surface area contributed by atoms with Crippen molar-refractivity contribution in [1.82, 2.24) is 9.55 Å². The van der Waals surface area contributed by atoms with Crippen molar-refractivity contribution in [1.29, 1.82) is 0 Å². The fourth-order valence-electron chi connectivity index (χ4n) is 3.43. The molecule has 0 saturated heterocycles. The van der Waals surface area contributed by atoms with E-state index in [-0.39, 0.29) is 17.2 Å². The minimum atomic E-state index is -0.185. The minimum absolute atomic E-state index is 0.0195. The molecule has 0 saturated carbocycles. The Bertz CT molecular complexity index is 1140. The highest BCUT2D eigenvalue weighted by Crippen LogP contribution is 2.34. The topological polar surface area (TPSA) is 64.0 Å². The Morgan fingerprint density at radius 2 is 2.14 bits per heavy atom. The first-order chi connectivity index (χ1) is 13.4. The van der Waals surface area contributed by atoms with Crippen LogP contribution in [-0.4, -0.2) is 21.2 Å². The van der Waals surface area contributed by atoms with Crippen LogP contribution in [0, 0.1) is 6.92 Å². The van der Waals surface area contributed by atoms with Crippen LogP contribution in [0.15, 0.2) is 28.2 Å². The predicted octanol–water partition coefficient (Wildman–Crippen LogP) is 4.57. The summed E-state index contributed by atoms with van der Waals surface area (Å²) in [4.78, 5) is 32.0. The third kappa shape index (κ3) is 3.71. The number of carbonyl (C=O) groups is 1. The van der Waals surface area contributed by atoms with Gasteiger partial charge in [0, 0.05) is 11.9 Å². The van der Waals surface area contributed by atoms with E-state index in [1.54, 1.807) is 29.0 Å². The summed E-state index contributed by atoms with van der Waals surface area (Å²) in [6, 6.07) is 5.49. The predicted molar refractivity (Wildman–Crippen MR) is 117 cm³/mol. The van der Waals surface area contributed by atoms with Crippen molar-refractivity contribution < 1.29 is 4.79 Å². The van der Waals surface area contributed by atoms with E-state index in [0.717, 1.165) is 35.0 Å². The smallest absolute Gasteiger partial charge is 0.262 e. The number of nitrogens with zero attached hydrogens (tertiary/aromatic N) is 2. The average molecular weight is 434 g/mol. The van der Waals surface area contributed by atoms with E-state index >= 15 is 0 Å². The lowest BCUT2D eigenvalue weighted by atomic mass is 9.97. The van der Waals surface area contributed by atoms with Crippen molar-refractivity contribution in [3.8, 4) is 0 Å². The Labute approximate surface area is 176 Å². The normalized spacial score (nSPS) is 13.5. The maximum Gasteiger partial charge on any atom is 0.262 e. The largest absolute Gasteiger partial charge is 0.324 e. The van der Waals surface area contributed by atoms with Crippen LogP contribution < -0.4 is 10.9 Å². The van der Waals surface area contributed by atoms with Crippen molar-refractivity contribution in [3.63, 3.8) is 0 Å². The molecule has 28 heavy (non-hydrogen) atoms. The van der Waals surface area contributed by atoms with Gasteiger partial charge < -0.3 is 5.32 Å². The van der Waals surface area contributed by atoms with Gasteiger partial charge in [-0.25, -0.2) is 4.98 Å². The van der Waals surface area contributed by atoms with Gasteiger partial charge in [0.1, 0.15) is 4.83 Å². The van der Waals surface area contributed by atoms with Crippen LogP contribution in [0.2, 0.25) is 5.02 Å². The summed E-state index contributed by atoms with van der Waals surface area (Å²) in [6.07, 6.45) is 4.28. The zero-order chi connectivity index (χ0) is 19.8. The molecule has 0 aliphatic heterocycles. The molecule has 0 atom stereocenters. The molecule has 2 heterocycles. The van der Waals surface area contributed by atoms with Crippen LogP contribution in [0.4, 0.5) is 5.69 Å². The van der Waals surface area contributed by atoms with E-state index in [2.05, 4.69) is 10.3 Å². The van der Waals surface area contributed by atoms with Gasteiger partial charge in [0.25, 0.3) is 5.56 Å². The van der Waals surface area contributed by atoms with Gasteiger partial charge in [0.15, 0.2) is 5.16 Å². The molecule has 1 aliphatic rings. The number of aromatic nitrogens is 2. The summed E-state index contributed by atoms with van der Waals surface area (Å²) in [5, 5.41) is 4.65. The number of nitrogens with one attached hydrogen (secondary N) is 1. The molecular weight excluding hydrogens is 414 g/mol. The second-order valence-corrected chi connectivity index (χ2v) is 9.40. The second-order valence-electron chi connectivity index (χ2n) is 6.97.